The van der Waals surface area contributed by atoms with Crippen LogP contribution in [-0.4, -0.2) is 75.1 Å². The molecule has 2 atom stereocenters. The number of likely N-dealkylation sites (N-methyl/N-ethyl adjacent to an activating group) is 1. The number of hydrogen-bond donors (Lipinski definition) is 2. The lowest BCUT2D eigenvalue weighted by atomic mass is 9.94. The maximum absolute atomic E-state index is 13.4. The zero-order valence-corrected chi connectivity index (χ0v) is 27.5. The molecule has 3 aromatic carbocycles. The molecule has 1 fully saturated rings. The topological polar surface area (TPSA) is 67.9 Å². The van der Waals surface area contributed by atoms with Crippen molar-refractivity contribution < 1.29 is 35.9 Å². The zero-order chi connectivity index (χ0) is 35.2. The third-order valence-electron chi connectivity index (χ3n) is 8.50. The van der Waals surface area contributed by atoms with Crippen LogP contribution in [0.1, 0.15) is 57.9 Å². The van der Waals surface area contributed by atoms with Gasteiger partial charge in [0, 0.05) is 69.0 Å². The molecule has 0 radical (unpaired) electrons. The van der Waals surface area contributed by atoms with E-state index < -0.39 is 35.0 Å². The standard InChI is InChI=1S/C34H38ClF6N5O2/c1-22(43-32(48)42-2)29-6-4-5-7-30(29)46-16-14-45(15-17-46)13-12-24(23-8-10-28(35)11-9-23)21-44(3)31(47)25-18-26(33(36,37)38)20-27(19-25)34(39,40)41/h4-11,18-20,22,24H,12-17,21H2,1-3H3,(H2,42,43,48)/t22-,24+/m0/s1. The maximum atomic E-state index is 13.4. The normalized spacial score (nSPS) is 15.5. The number of alkyl halides is 6. The fourth-order valence-electron chi connectivity index (χ4n) is 5.85. The molecule has 0 aliphatic carbocycles. The van der Waals surface area contributed by atoms with Gasteiger partial charge in [-0.1, -0.05) is 41.9 Å². The van der Waals surface area contributed by atoms with Crippen molar-refractivity contribution in [2.24, 2.45) is 0 Å². The van der Waals surface area contributed by atoms with Gasteiger partial charge >= 0.3 is 18.4 Å². The molecule has 0 saturated carbocycles. The largest absolute Gasteiger partial charge is 0.416 e. The van der Waals surface area contributed by atoms with Gasteiger partial charge in [0.1, 0.15) is 0 Å². The van der Waals surface area contributed by atoms with Gasteiger partial charge in [0.15, 0.2) is 0 Å². The highest BCUT2D eigenvalue weighted by atomic mass is 35.5. The van der Waals surface area contributed by atoms with Crippen molar-refractivity contribution in [1.29, 1.82) is 0 Å². The Morgan fingerprint density at radius 2 is 1.48 bits per heavy atom. The predicted molar refractivity (Wildman–Crippen MR) is 173 cm³/mol. The Labute approximate surface area is 280 Å². The van der Waals surface area contributed by atoms with E-state index in [1.165, 1.54) is 7.05 Å². The first kappa shape index (κ1) is 36.9. The molecule has 1 heterocycles. The minimum absolute atomic E-state index is 0.00793. The van der Waals surface area contributed by atoms with E-state index in [-0.39, 0.29) is 30.6 Å². The van der Waals surface area contributed by atoms with Gasteiger partial charge in [-0.05, 0) is 67.4 Å². The average Bonchev–Trinajstić information content (AvgIpc) is 3.05. The number of nitrogens with one attached hydrogen (secondary N) is 2. The number of rotatable bonds is 10. The third kappa shape index (κ3) is 9.56. The van der Waals surface area contributed by atoms with Crippen LogP contribution >= 0.6 is 11.6 Å². The molecular weight excluding hydrogens is 660 g/mol. The number of para-hydroxylation sites is 1. The van der Waals surface area contributed by atoms with Crippen LogP contribution in [0, 0.1) is 0 Å². The summed E-state index contributed by atoms with van der Waals surface area (Å²) >= 11 is 6.10. The second kappa shape index (κ2) is 15.5. The molecule has 7 nitrogen and oxygen atoms in total. The zero-order valence-electron chi connectivity index (χ0n) is 26.8. The summed E-state index contributed by atoms with van der Waals surface area (Å²) in [7, 11) is 2.93. The van der Waals surface area contributed by atoms with Crippen LogP contribution < -0.4 is 15.5 Å². The number of anilines is 1. The third-order valence-corrected chi connectivity index (χ3v) is 8.75. The van der Waals surface area contributed by atoms with Crippen molar-refractivity contribution in [3.63, 3.8) is 0 Å². The number of carbonyl (C=O) groups excluding carboxylic acids is 2. The first-order chi connectivity index (χ1) is 22.6. The first-order valence-corrected chi connectivity index (χ1v) is 15.8. The highest BCUT2D eigenvalue weighted by molar-refractivity contribution is 6.30. The predicted octanol–water partition coefficient (Wildman–Crippen LogP) is 7.44. The number of benzene rings is 3. The van der Waals surface area contributed by atoms with E-state index in [4.69, 9.17) is 11.6 Å². The summed E-state index contributed by atoms with van der Waals surface area (Å²) in [4.78, 5) is 30.9. The lowest BCUT2D eigenvalue weighted by molar-refractivity contribution is -0.143. The molecule has 1 saturated heterocycles. The number of carbonyl (C=O) groups is 2. The van der Waals surface area contributed by atoms with Crippen LogP contribution in [0.3, 0.4) is 0 Å². The summed E-state index contributed by atoms with van der Waals surface area (Å²) in [5, 5.41) is 5.99. The van der Waals surface area contributed by atoms with Gasteiger partial charge in [-0.3, -0.25) is 9.69 Å². The van der Waals surface area contributed by atoms with Crippen molar-refractivity contribution in [1.82, 2.24) is 20.4 Å². The molecule has 1 aliphatic heterocycles. The molecule has 0 unspecified atom stereocenters. The SMILES string of the molecule is CNC(=O)N[C@@H](C)c1ccccc1N1CCN(CC[C@H](CN(C)C(=O)c2cc(C(F)(F)F)cc(C(F)(F)F)c2)c2ccc(Cl)cc2)CC1. The molecule has 0 bridgehead atoms. The monoisotopic (exact) mass is 697 g/mol. The number of urea groups is 1. The molecular formula is C34H38ClF6N5O2. The second-order valence-corrected chi connectivity index (χ2v) is 12.3. The van der Waals surface area contributed by atoms with Crippen LogP contribution in [0.25, 0.3) is 0 Å². The molecule has 48 heavy (non-hydrogen) atoms. The van der Waals surface area contributed by atoms with Crippen LogP contribution in [-0.2, 0) is 12.4 Å². The quantitative estimate of drug-likeness (QED) is 0.216. The highest BCUT2D eigenvalue weighted by Crippen LogP contribution is 2.37. The van der Waals surface area contributed by atoms with Crippen molar-refractivity contribution in [3.8, 4) is 0 Å². The Bertz CT molecular complexity index is 1530. The van der Waals surface area contributed by atoms with Crippen LogP contribution in [0.15, 0.2) is 66.7 Å². The molecule has 3 amide bonds. The highest BCUT2D eigenvalue weighted by Gasteiger charge is 2.38. The molecule has 4 rings (SSSR count). The lowest BCUT2D eigenvalue weighted by Crippen LogP contribution is -2.47. The van der Waals surface area contributed by atoms with Crippen LogP contribution in [0.4, 0.5) is 36.8 Å². The van der Waals surface area contributed by atoms with E-state index in [1.54, 1.807) is 31.3 Å². The summed E-state index contributed by atoms with van der Waals surface area (Å²) in [6, 6.07) is 15.3. The van der Waals surface area contributed by atoms with E-state index in [0.29, 0.717) is 30.1 Å². The van der Waals surface area contributed by atoms with E-state index >= 15 is 0 Å². The fraction of sp³-hybridized carbons (Fsp3) is 0.412. The van der Waals surface area contributed by atoms with Gasteiger partial charge in [0.25, 0.3) is 5.91 Å². The van der Waals surface area contributed by atoms with E-state index in [9.17, 15) is 35.9 Å². The van der Waals surface area contributed by atoms with E-state index in [0.717, 1.165) is 47.9 Å². The molecule has 14 heteroatoms. The number of nitrogens with zero attached hydrogens (tertiary/aromatic N) is 3. The van der Waals surface area contributed by atoms with E-state index in [2.05, 4.69) is 20.4 Å². The summed E-state index contributed by atoms with van der Waals surface area (Å²) in [5.41, 5.74) is -0.906. The summed E-state index contributed by atoms with van der Waals surface area (Å²) in [6.07, 6.45) is -9.56. The van der Waals surface area contributed by atoms with E-state index in [1.807, 2.05) is 31.2 Å². The van der Waals surface area contributed by atoms with Crippen molar-refractivity contribution >= 4 is 29.2 Å². The minimum atomic E-state index is -5.06. The number of halogens is 7. The van der Waals surface area contributed by atoms with Crippen molar-refractivity contribution in [2.75, 3.05) is 58.3 Å². The number of piperazine rings is 1. The Morgan fingerprint density at radius 3 is 2.04 bits per heavy atom. The second-order valence-electron chi connectivity index (χ2n) is 11.9. The molecule has 0 aromatic heterocycles. The van der Waals surface area contributed by atoms with Crippen LogP contribution in [0.2, 0.25) is 5.02 Å². The summed E-state index contributed by atoms with van der Waals surface area (Å²) in [5.74, 6) is -1.22. The Kier molecular flexibility index (Phi) is 11.9. The van der Waals surface area contributed by atoms with Crippen LogP contribution in [0.5, 0.6) is 0 Å². The fourth-order valence-corrected chi connectivity index (χ4v) is 5.98. The van der Waals surface area contributed by atoms with Gasteiger partial charge in [0.2, 0.25) is 0 Å². The number of amides is 3. The summed E-state index contributed by atoms with van der Waals surface area (Å²) in [6.45, 7) is 5.54. The van der Waals surface area contributed by atoms with Gasteiger partial charge in [-0.2, -0.15) is 26.3 Å². The maximum Gasteiger partial charge on any atom is 0.416 e. The molecule has 1 aliphatic rings. The number of hydrogen-bond acceptors (Lipinski definition) is 4. The van der Waals surface area contributed by atoms with Gasteiger partial charge in [0.05, 0.1) is 17.2 Å². The molecule has 3 aromatic rings. The first-order valence-electron chi connectivity index (χ1n) is 15.4. The van der Waals surface area contributed by atoms with Crippen molar-refractivity contribution in [3.05, 3.63) is 99.6 Å². The molecule has 2 N–H and O–H groups in total. The van der Waals surface area contributed by atoms with Gasteiger partial charge < -0.3 is 20.4 Å². The molecule has 260 valence electrons. The molecule has 0 spiro atoms. The smallest absolute Gasteiger partial charge is 0.369 e. The Hall–Kier alpha value is -3.97. The van der Waals surface area contributed by atoms with Gasteiger partial charge in [-0.15, -0.1) is 0 Å². The summed E-state index contributed by atoms with van der Waals surface area (Å²) < 4.78 is 80.7. The van der Waals surface area contributed by atoms with Gasteiger partial charge in [-0.25, -0.2) is 4.79 Å². The Balaban J connectivity index is 1.46. The van der Waals surface area contributed by atoms with Crippen molar-refractivity contribution in [2.45, 2.75) is 37.7 Å². The Morgan fingerprint density at radius 1 is 0.896 bits per heavy atom. The average molecular weight is 698 g/mol. The lowest BCUT2D eigenvalue weighted by Gasteiger charge is -2.38. The minimum Gasteiger partial charge on any atom is -0.369 e.